The maximum atomic E-state index is 2.74. The number of hydrogen-bond donors (Lipinski definition) is 0. The first kappa shape index (κ1) is 51.0. The summed E-state index contributed by atoms with van der Waals surface area (Å²) in [6.07, 6.45) is 3.03. The zero-order chi connectivity index (χ0) is 56.5. The van der Waals surface area contributed by atoms with Gasteiger partial charge in [-0.15, -0.1) is 0 Å². The molecule has 0 radical (unpaired) electrons. The molecule has 0 saturated carbocycles. The van der Waals surface area contributed by atoms with Crippen molar-refractivity contribution in [2.45, 2.75) is 52.4 Å². The number of aromatic nitrogens is 1. The topological polar surface area (TPSA) is 11.4 Å². The van der Waals surface area contributed by atoms with Crippen LogP contribution in [-0.4, -0.2) is 11.3 Å². The normalized spacial score (nSPS) is 12.6. The average molecular weight is 1080 g/mol. The van der Waals surface area contributed by atoms with Gasteiger partial charge in [0, 0.05) is 55.9 Å². The summed E-state index contributed by atoms with van der Waals surface area (Å²) in [4.78, 5) is 5.41. The van der Waals surface area contributed by atoms with Gasteiger partial charge < -0.3 is 14.4 Å². The second-order valence-corrected chi connectivity index (χ2v) is 23.8. The fourth-order valence-electron chi connectivity index (χ4n) is 13.7. The monoisotopic (exact) mass is 1080 g/mol. The van der Waals surface area contributed by atoms with E-state index in [1.807, 2.05) is 0 Å². The first-order valence-electron chi connectivity index (χ1n) is 29.9. The molecule has 2 aliphatic rings. The van der Waals surface area contributed by atoms with Crippen molar-refractivity contribution >= 4 is 79.0 Å². The van der Waals surface area contributed by atoms with Gasteiger partial charge in [-0.3, -0.25) is 0 Å². The molecule has 3 nitrogen and oxygen atoms in total. The van der Waals surface area contributed by atoms with Crippen molar-refractivity contribution < 1.29 is 0 Å². The van der Waals surface area contributed by atoms with E-state index >= 15 is 0 Å². The Bertz CT molecular complexity index is 4510. The third kappa shape index (κ3) is 8.58. The molecule has 402 valence electrons. The molecular weight excluding hydrogens is 1010 g/mol. The van der Waals surface area contributed by atoms with Crippen LogP contribution >= 0.6 is 0 Å². The molecular formula is C80H64BN3. The van der Waals surface area contributed by atoms with Crippen LogP contribution < -0.4 is 26.2 Å². The number of fused-ring (bicyclic) bond motifs is 7. The minimum Gasteiger partial charge on any atom is -0.310 e. The summed E-state index contributed by atoms with van der Waals surface area (Å²) in [5.41, 5.74) is 28.8. The molecule has 3 heterocycles. The molecule has 0 bridgehead atoms. The second-order valence-electron chi connectivity index (χ2n) is 23.8. The van der Waals surface area contributed by atoms with Crippen LogP contribution in [-0.2, 0) is 11.8 Å². The number of aryl methyl sites for hydroxylation is 1. The standard InChI is InChI=1S/C80H64BN3/c1-5-6-27-60-48-61(55-30-14-8-15-31-55)49-68(58-36-20-11-21-37-58)78(60)84-74-53-63(82-71-42-24-22-38-66(71)67-39-23-25-43-72(67)82)45-46-69(74)81-70-50-59(54-28-12-7-13-29-54)44-47-73(70)83(75-51-62(80(2,3)4)52-76(84)77(75)81)79-64(56-32-16-9-17-33-56)40-26-41-65(79)57-34-18-10-19-35-57/h7-26,28-53H,5-6,27H2,1-4H3. The number of para-hydroxylation sites is 3. The second kappa shape index (κ2) is 20.8. The van der Waals surface area contributed by atoms with Gasteiger partial charge in [-0.25, -0.2) is 0 Å². The molecule has 15 rings (SSSR count). The molecule has 13 aromatic rings. The fourth-order valence-corrected chi connectivity index (χ4v) is 13.7. The molecule has 0 fully saturated rings. The summed E-state index contributed by atoms with van der Waals surface area (Å²) in [6, 6.07) is 105. The van der Waals surface area contributed by atoms with Gasteiger partial charge in [0.2, 0.25) is 0 Å². The molecule has 0 saturated heterocycles. The number of anilines is 6. The molecule has 12 aromatic carbocycles. The van der Waals surface area contributed by atoms with E-state index < -0.39 is 0 Å². The molecule has 84 heavy (non-hydrogen) atoms. The Morgan fingerprint density at radius 1 is 0.357 bits per heavy atom. The summed E-state index contributed by atoms with van der Waals surface area (Å²) in [7, 11) is 0. The van der Waals surface area contributed by atoms with Crippen LogP contribution in [0.5, 0.6) is 0 Å². The number of unbranched alkanes of at least 4 members (excludes halogenated alkanes) is 1. The van der Waals surface area contributed by atoms with Crippen molar-refractivity contribution in [3.8, 4) is 61.3 Å². The average Bonchev–Trinajstić information content (AvgIpc) is 1.61. The maximum absolute atomic E-state index is 2.74. The molecule has 4 heteroatoms. The minimum absolute atomic E-state index is 0.149. The number of hydrogen-bond acceptors (Lipinski definition) is 2. The third-order valence-corrected chi connectivity index (χ3v) is 17.7. The molecule has 2 aliphatic heterocycles. The Kier molecular flexibility index (Phi) is 12.6. The van der Waals surface area contributed by atoms with Crippen molar-refractivity contribution in [3.05, 3.63) is 290 Å². The summed E-state index contributed by atoms with van der Waals surface area (Å²) in [5.74, 6) is 0. The number of nitrogens with zero attached hydrogens (tertiary/aromatic N) is 3. The summed E-state index contributed by atoms with van der Waals surface area (Å²) >= 11 is 0. The van der Waals surface area contributed by atoms with Gasteiger partial charge in [0.1, 0.15) is 0 Å². The maximum Gasteiger partial charge on any atom is 0.252 e. The largest absolute Gasteiger partial charge is 0.310 e. The van der Waals surface area contributed by atoms with Gasteiger partial charge in [-0.05, 0) is 139 Å². The zero-order valence-corrected chi connectivity index (χ0v) is 48.1. The van der Waals surface area contributed by atoms with Crippen LogP contribution in [0.2, 0.25) is 0 Å². The van der Waals surface area contributed by atoms with Gasteiger partial charge in [-0.1, -0.05) is 259 Å². The quantitative estimate of drug-likeness (QED) is 0.120. The Morgan fingerprint density at radius 2 is 0.857 bits per heavy atom. The molecule has 1 aromatic heterocycles. The molecule has 0 aliphatic carbocycles. The smallest absolute Gasteiger partial charge is 0.252 e. The predicted molar refractivity (Wildman–Crippen MR) is 359 cm³/mol. The lowest BCUT2D eigenvalue weighted by molar-refractivity contribution is 0.590. The SMILES string of the molecule is CCCCc1cc(-c2ccccc2)cc(-c2ccccc2)c1N1c2cc(-n3c4ccccc4c4ccccc43)ccc2B2c3cc(-c4ccccc4)ccc3N(c3c(-c4ccccc4)cccc3-c3ccccc3)c3cc(C(C)(C)C)cc1c32. The Hall–Kier alpha value is -9.90. The lowest BCUT2D eigenvalue weighted by Gasteiger charge is -2.46. The van der Waals surface area contributed by atoms with E-state index in [9.17, 15) is 0 Å². The van der Waals surface area contributed by atoms with Crippen molar-refractivity contribution in [2.24, 2.45) is 0 Å². The highest BCUT2D eigenvalue weighted by Crippen LogP contribution is 2.53. The first-order valence-corrected chi connectivity index (χ1v) is 29.9. The Labute approximate surface area is 494 Å². The van der Waals surface area contributed by atoms with E-state index in [4.69, 9.17) is 0 Å². The van der Waals surface area contributed by atoms with Crippen LogP contribution in [0.1, 0.15) is 51.7 Å². The minimum atomic E-state index is -0.243. The number of rotatable bonds is 11. The molecule has 0 spiro atoms. The summed E-state index contributed by atoms with van der Waals surface area (Å²) in [6.45, 7) is 9.34. The summed E-state index contributed by atoms with van der Waals surface area (Å²) < 4.78 is 2.50. The highest BCUT2D eigenvalue weighted by atomic mass is 15.2. The molecule has 0 atom stereocenters. The fraction of sp³-hybridized carbons (Fsp3) is 0.100. The Balaban J connectivity index is 1.12. The van der Waals surface area contributed by atoms with Crippen LogP contribution in [0.25, 0.3) is 83.1 Å². The highest BCUT2D eigenvalue weighted by molar-refractivity contribution is 7.00. The van der Waals surface area contributed by atoms with E-state index in [0.717, 1.165) is 30.6 Å². The van der Waals surface area contributed by atoms with Crippen LogP contribution in [0.15, 0.2) is 279 Å². The molecule has 0 amide bonds. The van der Waals surface area contributed by atoms with Crippen LogP contribution in [0, 0.1) is 0 Å². The highest BCUT2D eigenvalue weighted by Gasteiger charge is 2.46. The lowest BCUT2D eigenvalue weighted by atomic mass is 9.33. The molecule has 0 N–H and O–H groups in total. The lowest BCUT2D eigenvalue weighted by Crippen LogP contribution is -2.61. The molecule has 0 unspecified atom stereocenters. The van der Waals surface area contributed by atoms with E-state index in [-0.39, 0.29) is 12.1 Å². The van der Waals surface area contributed by atoms with Gasteiger partial charge in [0.05, 0.1) is 22.4 Å². The van der Waals surface area contributed by atoms with Gasteiger partial charge in [0.15, 0.2) is 0 Å². The summed E-state index contributed by atoms with van der Waals surface area (Å²) in [5, 5.41) is 2.50. The Morgan fingerprint density at radius 3 is 1.40 bits per heavy atom. The van der Waals surface area contributed by atoms with E-state index in [0.29, 0.717) is 0 Å². The van der Waals surface area contributed by atoms with Crippen LogP contribution in [0.3, 0.4) is 0 Å². The van der Waals surface area contributed by atoms with Crippen molar-refractivity contribution in [1.82, 2.24) is 4.57 Å². The van der Waals surface area contributed by atoms with E-state index in [1.165, 1.54) is 133 Å². The van der Waals surface area contributed by atoms with Gasteiger partial charge in [-0.2, -0.15) is 0 Å². The van der Waals surface area contributed by atoms with E-state index in [2.05, 4.69) is 321 Å². The van der Waals surface area contributed by atoms with Gasteiger partial charge >= 0.3 is 0 Å². The predicted octanol–water partition coefficient (Wildman–Crippen LogP) is 19.8. The van der Waals surface area contributed by atoms with Crippen molar-refractivity contribution in [1.29, 1.82) is 0 Å². The van der Waals surface area contributed by atoms with Crippen molar-refractivity contribution in [2.75, 3.05) is 9.80 Å². The number of benzene rings is 12. The first-order chi connectivity index (χ1) is 41.3. The third-order valence-electron chi connectivity index (χ3n) is 17.7. The van der Waals surface area contributed by atoms with E-state index in [1.54, 1.807) is 0 Å². The zero-order valence-electron chi connectivity index (χ0n) is 48.1. The van der Waals surface area contributed by atoms with Crippen LogP contribution in [0.4, 0.5) is 34.1 Å². The van der Waals surface area contributed by atoms with Gasteiger partial charge in [0.25, 0.3) is 6.71 Å². The van der Waals surface area contributed by atoms with Crippen molar-refractivity contribution in [3.63, 3.8) is 0 Å².